The summed E-state index contributed by atoms with van der Waals surface area (Å²) in [6.45, 7) is 6.10. The van der Waals surface area contributed by atoms with Crippen molar-refractivity contribution in [2.75, 3.05) is 26.2 Å². The molecule has 0 radical (unpaired) electrons. The Labute approximate surface area is 244 Å². The maximum Gasteiger partial charge on any atom is 0.254 e. The molecule has 3 aromatic rings. The summed E-state index contributed by atoms with van der Waals surface area (Å²) in [5, 5.41) is 3.35. The lowest BCUT2D eigenvalue weighted by molar-refractivity contribution is -0.127. The predicted octanol–water partition coefficient (Wildman–Crippen LogP) is 6.30. The quantitative estimate of drug-likeness (QED) is 0.324. The fourth-order valence-corrected chi connectivity index (χ4v) is 7.33. The van der Waals surface area contributed by atoms with E-state index in [2.05, 4.69) is 77.8 Å². The van der Waals surface area contributed by atoms with E-state index in [4.69, 9.17) is 0 Å². The molecule has 41 heavy (non-hydrogen) atoms. The zero-order valence-corrected chi connectivity index (χ0v) is 24.1. The average Bonchev–Trinajstić information content (AvgIpc) is 3.54. The Morgan fingerprint density at radius 3 is 2.44 bits per heavy atom. The Bertz CT molecular complexity index is 1430. The smallest absolute Gasteiger partial charge is 0.254 e. The van der Waals surface area contributed by atoms with Crippen molar-refractivity contribution in [1.82, 2.24) is 15.1 Å². The first-order valence-corrected chi connectivity index (χ1v) is 15.4. The van der Waals surface area contributed by atoms with E-state index in [1.54, 1.807) is 0 Å². The first-order valence-electron chi connectivity index (χ1n) is 15.4. The molecule has 1 N–H and O–H groups in total. The second-order valence-corrected chi connectivity index (χ2v) is 11.7. The van der Waals surface area contributed by atoms with Gasteiger partial charge in [-0.05, 0) is 85.2 Å². The van der Waals surface area contributed by atoms with Crippen LogP contribution in [0.1, 0.15) is 78.1 Å². The summed E-state index contributed by atoms with van der Waals surface area (Å²) in [4.78, 5) is 32.5. The van der Waals surface area contributed by atoms with E-state index in [0.29, 0.717) is 19.6 Å². The third kappa shape index (κ3) is 5.01. The van der Waals surface area contributed by atoms with Crippen LogP contribution in [0.4, 0.5) is 0 Å². The number of carbonyl (C=O) groups excluding carboxylic acids is 2. The Morgan fingerprint density at radius 1 is 0.927 bits per heavy atom. The van der Waals surface area contributed by atoms with Crippen molar-refractivity contribution in [1.29, 1.82) is 0 Å². The van der Waals surface area contributed by atoms with Gasteiger partial charge < -0.3 is 10.2 Å². The van der Waals surface area contributed by atoms with Crippen molar-refractivity contribution in [3.63, 3.8) is 0 Å². The Morgan fingerprint density at radius 2 is 1.66 bits per heavy atom. The van der Waals surface area contributed by atoms with Gasteiger partial charge in [-0.1, -0.05) is 86.1 Å². The molecule has 0 spiro atoms. The van der Waals surface area contributed by atoms with Crippen LogP contribution in [0.25, 0.3) is 11.6 Å². The zero-order chi connectivity index (χ0) is 28.2. The van der Waals surface area contributed by atoms with Gasteiger partial charge in [-0.2, -0.15) is 0 Å². The lowest BCUT2D eigenvalue weighted by atomic mass is 9.66. The number of nitrogens with one attached hydrogen (secondary N) is 1. The number of piperidine rings is 1. The molecule has 2 atom stereocenters. The topological polar surface area (TPSA) is 52.7 Å². The standard InChI is InChI=1S/C36H41N3O2/c1-2-21-37-35(41)36(31-19-10-8-16-28(31)25-32(36)27-14-5-3-6-15-27)33(38-22-11-4-12-23-38)20-13-24-39-26-29-17-7-9-18-30(29)34(39)40/h3,5-10,14-19,25,33H,2,4,11-13,20-24,26H2,1H3,(H,37,41). The number of nitrogens with zero attached hydrogens (tertiary/aromatic N) is 2. The summed E-state index contributed by atoms with van der Waals surface area (Å²) >= 11 is 0. The second kappa shape index (κ2) is 12.0. The monoisotopic (exact) mass is 547 g/mol. The van der Waals surface area contributed by atoms with Crippen LogP contribution >= 0.6 is 0 Å². The van der Waals surface area contributed by atoms with Gasteiger partial charge in [-0.25, -0.2) is 0 Å². The number of carbonyl (C=O) groups is 2. The maximum absolute atomic E-state index is 14.7. The molecule has 2 heterocycles. The fourth-order valence-electron chi connectivity index (χ4n) is 7.33. The molecule has 1 saturated heterocycles. The van der Waals surface area contributed by atoms with Gasteiger partial charge in [0.05, 0.1) is 0 Å². The zero-order valence-electron chi connectivity index (χ0n) is 24.1. The molecule has 3 aromatic carbocycles. The molecule has 0 bridgehead atoms. The number of fused-ring (bicyclic) bond motifs is 2. The highest BCUT2D eigenvalue weighted by Crippen LogP contribution is 2.52. The van der Waals surface area contributed by atoms with Gasteiger partial charge in [0.15, 0.2) is 0 Å². The van der Waals surface area contributed by atoms with E-state index in [1.165, 1.54) is 6.42 Å². The molecule has 6 rings (SSSR count). The van der Waals surface area contributed by atoms with Crippen molar-refractivity contribution in [2.24, 2.45) is 0 Å². The summed E-state index contributed by atoms with van der Waals surface area (Å²) in [5.74, 6) is 0.223. The molecular weight excluding hydrogens is 506 g/mol. The van der Waals surface area contributed by atoms with Gasteiger partial charge >= 0.3 is 0 Å². The summed E-state index contributed by atoms with van der Waals surface area (Å²) in [5.41, 5.74) is 5.53. The first kappa shape index (κ1) is 27.5. The highest BCUT2D eigenvalue weighted by molar-refractivity contribution is 6.11. The highest BCUT2D eigenvalue weighted by atomic mass is 16.2. The van der Waals surface area contributed by atoms with Gasteiger partial charge in [-0.3, -0.25) is 14.5 Å². The van der Waals surface area contributed by atoms with Crippen LogP contribution in [0.5, 0.6) is 0 Å². The van der Waals surface area contributed by atoms with Gasteiger partial charge in [0, 0.05) is 31.2 Å². The van der Waals surface area contributed by atoms with Crippen LogP contribution in [0, 0.1) is 0 Å². The summed E-state index contributed by atoms with van der Waals surface area (Å²) in [6, 6.07) is 26.9. The molecule has 0 saturated carbocycles. The van der Waals surface area contributed by atoms with Crippen LogP contribution in [-0.2, 0) is 16.8 Å². The van der Waals surface area contributed by atoms with E-state index in [-0.39, 0.29) is 17.9 Å². The molecule has 2 aliphatic heterocycles. The molecule has 3 aliphatic rings. The number of amides is 2. The number of benzene rings is 3. The molecule has 1 fully saturated rings. The number of hydrogen-bond donors (Lipinski definition) is 1. The van der Waals surface area contributed by atoms with Crippen molar-refractivity contribution < 1.29 is 9.59 Å². The SMILES string of the molecule is CCCNC(=O)C1(C(CCCN2Cc3ccccc3C2=O)N2CCCCC2)C(c2ccccc2)=Cc2ccccc21. The predicted molar refractivity (Wildman–Crippen MR) is 165 cm³/mol. The van der Waals surface area contributed by atoms with Crippen LogP contribution in [0.15, 0.2) is 78.9 Å². The molecule has 5 nitrogen and oxygen atoms in total. The van der Waals surface area contributed by atoms with Gasteiger partial charge in [0.1, 0.15) is 5.41 Å². The van der Waals surface area contributed by atoms with E-state index in [9.17, 15) is 9.59 Å². The molecule has 5 heteroatoms. The van der Waals surface area contributed by atoms with Crippen molar-refractivity contribution in [3.8, 4) is 0 Å². The number of rotatable bonds is 10. The lowest BCUT2D eigenvalue weighted by Crippen LogP contribution is -2.59. The Balaban J connectivity index is 1.40. The van der Waals surface area contributed by atoms with Crippen molar-refractivity contribution in [2.45, 2.75) is 63.5 Å². The molecule has 0 aromatic heterocycles. The van der Waals surface area contributed by atoms with E-state index >= 15 is 0 Å². The Hall–Kier alpha value is -3.70. The molecular formula is C36H41N3O2. The van der Waals surface area contributed by atoms with E-state index < -0.39 is 5.41 Å². The fraction of sp³-hybridized carbons (Fsp3) is 0.389. The van der Waals surface area contributed by atoms with Crippen molar-refractivity contribution in [3.05, 3.63) is 107 Å². The summed E-state index contributed by atoms with van der Waals surface area (Å²) in [7, 11) is 0. The minimum atomic E-state index is -0.831. The van der Waals surface area contributed by atoms with Crippen LogP contribution < -0.4 is 5.32 Å². The summed E-state index contributed by atoms with van der Waals surface area (Å²) in [6.07, 6.45) is 8.35. The number of hydrogen-bond acceptors (Lipinski definition) is 3. The maximum atomic E-state index is 14.7. The lowest BCUT2D eigenvalue weighted by Gasteiger charge is -2.47. The van der Waals surface area contributed by atoms with Crippen LogP contribution in [0.3, 0.4) is 0 Å². The minimum absolute atomic E-state index is 0.0187. The first-order chi connectivity index (χ1) is 20.1. The molecule has 2 amide bonds. The largest absolute Gasteiger partial charge is 0.355 e. The molecule has 212 valence electrons. The van der Waals surface area contributed by atoms with Crippen molar-refractivity contribution >= 4 is 23.5 Å². The van der Waals surface area contributed by atoms with Gasteiger partial charge in [-0.15, -0.1) is 0 Å². The molecule has 2 unspecified atom stereocenters. The minimum Gasteiger partial charge on any atom is -0.355 e. The third-order valence-corrected chi connectivity index (χ3v) is 9.22. The summed E-state index contributed by atoms with van der Waals surface area (Å²) < 4.78 is 0. The van der Waals surface area contributed by atoms with Gasteiger partial charge in [0.25, 0.3) is 5.91 Å². The van der Waals surface area contributed by atoms with Gasteiger partial charge in [0.2, 0.25) is 5.91 Å². The Kier molecular flexibility index (Phi) is 8.06. The van der Waals surface area contributed by atoms with E-state index in [0.717, 1.165) is 78.6 Å². The van der Waals surface area contributed by atoms with E-state index in [1.807, 2.05) is 29.2 Å². The van der Waals surface area contributed by atoms with Crippen LogP contribution in [-0.4, -0.2) is 53.8 Å². The second-order valence-electron chi connectivity index (χ2n) is 11.7. The normalized spacial score (nSPS) is 20.9. The third-order valence-electron chi connectivity index (χ3n) is 9.22. The van der Waals surface area contributed by atoms with Crippen LogP contribution in [0.2, 0.25) is 0 Å². The number of likely N-dealkylation sites (tertiary alicyclic amines) is 1. The average molecular weight is 548 g/mol. The molecule has 1 aliphatic carbocycles. The highest BCUT2D eigenvalue weighted by Gasteiger charge is 2.55.